The van der Waals surface area contributed by atoms with Crippen molar-refractivity contribution in [2.24, 2.45) is 0 Å². The first-order valence-corrected chi connectivity index (χ1v) is 10.2. The van der Waals surface area contributed by atoms with E-state index in [4.69, 9.17) is 16.3 Å². The van der Waals surface area contributed by atoms with Gasteiger partial charge in [0.1, 0.15) is 5.82 Å². The molecule has 0 radical (unpaired) electrons. The first-order valence-electron chi connectivity index (χ1n) is 8.36. The highest BCUT2D eigenvalue weighted by molar-refractivity contribution is 7.90. The predicted octanol–water partition coefficient (Wildman–Crippen LogP) is 3.23. The normalized spacial score (nSPS) is 11.3. The molecule has 3 heterocycles. The number of pyridine rings is 3. The van der Waals surface area contributed by atoms with E-state index in [0.29, 0.717) is 12.2 Å². The second kappa shape index (κ2) is 8.68. The van der Waals surface area contributed by atoms with Gasteiger partial charge in [-0.25, -0.2) is 19.1 Å². The molecule has 0 aliphatic carbocycles. The van der Waals surface area contributed by atoms with E-state index >= 15 is 0 Å². The van der Waals surface area contributed by atoms with Crippen LogP contribution in [0.15, 0.2) is 43.0 Å². The van der Waals surface area contributed by atoms with E-state index in [1.807, 2.05) is 6.92 Å². The lowest BCUT2D eigenvalue weighted by Crippen LogP contribution is -2.26. The minimum Gasteiger partial charge on any atom is -0.435 e. The Bertz CT molecular complexity index is 1130. The van der Waals surface area contributed by atoms with Crippen molar-refractivity contribution in [1.29, 1.82) is 0 Å². The average molecular weight is 438 g/mol. The average Bonchev–Trinajstić information content (AvgIpc) is 2.68. The highest BCUT2D eigenvalue weighted by Gasteiger charge is 2.13. The van der Waals surface area contributed by atoms with Gasteiger partial charge in [0.25, 0.3) is 16.1 Å². The van der Waals surface area contributed by atoms with Crippen LogP contribution in [0.25, 0.3) is 0 Å². The van der Waals surface area contributed by atoms with Crippen LogP contribution in [0, 0.1) is 12.7 Å². The zero-order chi connectivity index (χ0) is 21.0. The van der Waals surface area contributed by atoms with Crippen LogP contribution in [-0.2, 0) is 16.6 Å². The fourth-order valence-corrected chi connectivity index (χ4v) is 3.05. The molecule has 29 heavy (non-hydrogen) atoms. The summed E-state index contributed by atoms with van der Waals surface area (Å²) < 4.78 is 46.9. The fraction of sp³-hybridized carbons (Fsp3) is 0.167. The Balaban J connectivity index is 1.77. The van der Waals surface area contributed by atoms with Crippen LogP contribution in [0.1, 0.15) is 16.7 Å². The van der Waals surface area contributed by atoms with Gasteiger partial charge in [0, 0.05) is 32.1 Å². The standard InChI is InChI=1S/C18H17ClFN5O3S/c1-11-13(5-12-3-4-17(23-7-12)25-29(26,27)21-2)8-22-10-16(11)28-18-15(20)6-14(19)9-24-18/h3-4,6-10,21H,5H2,1-2H3,(H,23,25). The molecule has 0 amide bonds. The molecule has 0 unspecified atom stereocenters. The zero-order valence-corrected chi connectivity index (χ0v) is 17.1. The molecule has 152 valence electrons. The van der Waals surface area contributed by atoms with Gasteiger partial charge in [-0.15, -0.1) is 0 Å². The third kappa shape index (κ3) is 5.37. The van der Waals surface area contributed by atoms with E-state index in [9.17, 15) is 12.8 Å². The lowest BCUT2D eigenvalue weighted by Gasteiger charge is -2.12. The van der Waals surface area contributed by atoms with Crippen molar-refractivity contribution in [3.05, 3.63) is 70.5 Å². The molecular formula is C18H17ClFN5O3S. The van der Waals surface area contributed by atoms with Crippen molar-refractivity contribution in [2.75, 3.05) is 11.8 Å². The van der Waals surface area contributed by atoms with Crippen LogP contribution in [0.2, 0.25) is 5.02 Å². The fourth-order valence-electron chi connectivity index (χ4n) is 2.41. The summed E-state index contributed by atoms with van der Waals surface area (Å²) in [4.78, 5) is 12.1. The van der Waals surface area contributed by atoms with Crippen molar-refractivity contribution < 1.29 is 17.5 Å². The Morgan fingerprint density at radius 2 is 1.97 bits per heavy atom. The second-order valence-corrected chi connectivity index (χ2v) is 8.06. The maximum absolute atomic E-state index is 13.9. The molecule has 0 spiro atoms. The molecule has 0 saturated heterocycles. The molecule has 0 aromatic carbocycles. The van der Waals surface area contributed by atoms with E-state index in [2.05, 4.69) is 24.4 Å². The molecule has 0 aliphatic rings. The Kier molecular flexibility index (Phi) is 6.26. The number of nitrogens with one attached hydrogen (secondary N) is 2. The van der Waals surface area contributed by atoms with Crippen LogP contribution >= 0.6 is 11.6 Å². The van der Waals surface area contributed by atoms with E-state index in [1.165, 1.54) is 19.4 Å². The Labute approximate surface area is 172 Å². The monoisotopic (exact) mass is 437 g/mol. The molecule has 8 nitrogen and oxygen atoms in total. The number of hydrogen-bond donors (Lipinski definition) is 2. The lowest BCUT2D eigenvalue weighted by molar-refractivity contribution is 0.418. The van der Waals surface area contributed by atoms with Gasteiger partial charge < -0.3 is 4.74 Å². The number of rotatable bonds is 7. The molecular weight excluding hydrogens is 421 g/mol. The summed E-state index contributed by atoms with van der Waals surface area (Å²) in [5, 5.41) is 0.173. The van der Waals surface area contributed by atoms with Gasteiger partial charge in [0.15, 0.2) is 11.6 Å². The van der Waals surface area contributed by atoms with Crippen LogP contribution in [0.3, 0.4) is 0 Å². The first-order chi connectivity index (χ1) is 13.8. The minimum atomic E-state index is -3.63. The number of halogens is 2. The third-order valence-electron chi connectivity index (χ3n) is 3.98. The van der Waals surface area contributed by atoms with E-state index in [1.54, 1.807) is 24.5 Å². The summed E-state index contributed by atoms with van der Waals surface area (Å²) in [6.07, 6.45) is 6.47. The molecule has 3 rings (SSSR count). The van der Waals surface area contributed by atoms with Crippen LogP contribution in [-0.4, -0.2) is 30.4 Å². The third-order valence-corrected chi connectivity index (χ3v) is 5.20. The summed E-state index contributed by atoms with van der Waals surface area (Å²) in [5.41, 5.74) is 2.42. The van der Waals surface area contributed by atoms with E-state index in [-0.39, 0.29) is 16.7 Å². The number of hydrogen-bond acceptors (Lipinski definition) is 6. The highest BCUT2D eigenvalue weighted by atomic mass is 35.5. The van der Waals surface area contributed by atoms with E-state index in [0.717, 1.165) is 22.8 Å². The lowest BCUT2D eigenvalue weighted by atomic mass is 10.0. The summed E-state index contributed by atoms with van der Waals surface area (Å²) in [6, 6.07) is 4.42. The summed E-state index contributed by atoms with van der Waals surface area (Å²) in [6.45, 7) is 1.82. The Morgan fingerprint density at radius 1 is 1.17 bits per heavy atom. The van der Waals surface area contributed by atoms with Crippen molar-refractivity contribution in [1.82, 2.24) is 19.7 Å². The van der Waals surface area contributed by atoms with Crippen LogP contribution in [0.5, 0.6) is 11.6 Å². The van der Waals surface area contributed by atoms with Gasteiger partial charge in [0.2, 0.25) is 0 Å². The van der Waals surface area contributed by atoms with Gasteiger partial charge >= 0.3 is 0 Å². The summed E-state index contributed by atoms with van der Waals surface area (Å²) in [5.74, 6) is -0.313. The largest absolute Gasteiger partial charge is 0.435 e. The maximum atomic E-state index is 13.9. The molecule has 3 aromatic heterocycles. The maximum Gasteiger partial charge on any atom is 0.300 e. The van der Waals surface area contributed by atoms with Crippen molar-refractivity contribution in [3.8, 4) is 11.6 Å². The molecule has 0 bridgehead atoms. The van der Waals surface area contributed by atoms with Crippen molar-refractivity contribution >= 4 is 27.6 Å². The van der Waals surface area contributed by atoms with Gasteiger partial charge in [-0.2, -0.15) is 8.42 Å². The topological polar surface area (TPSA) is 106 Å². The van der Waals surface area contributed by atoms with Gasteiger partial charge in [0.05, 0.1) is 11.2 Å². The number of aromatic nitrogens is 3. The molecule has 2 N–H and O–H groups in total. The molecule has 0 fully saturated rings. The first kappa shape index (κ1) is 20.9. The molecule has 3 aromatic rings. The number of ether oxygens (including phenoxy) is 1. The number of anilines is 1. The number of nitrogens with zero attached hydrogens (tertiary/aromatic N) is 3. The second-order valence-electron chi connectivity index (χ2n) is 6.00. The Morgan fingerprint density at radius 3 is 2.62 bits per heavy atom. The minimum absolute atomic E-state index is 0.173. The van der Waals surface area contributed by atoms with Gasteiger partial charge in [-0.1, -0.05) is 17.7 Å². The van der Waals surface area contributed by atoms with Crippen molar-refractivity contribution in [2.45, 2.75) is 13.3 Å². The van der Waals surface area contributed by atoms with Crippen LogP contribution < -0.4 is 14.2 Å². The van der Waals surface area contributed by atoms with Crippen molar-refractivity contribution in [3.63, 3.8) is 0 Å². The Hall–Kier alpha value is -2.82. The SMILES string of the molecule is CNS(=O)(=O)Nc1ccc(Cc2cncc(Oc3ncc(Cl)cc3F)c2C)cn1. The smallest absolute Gasteiger partial charge is 0.300 e. The summed E-state index contributed by atoms with van der Waals surface area (Å²) >= 11 is 5.70. The summed E-state index contributed by atoms with van der Waals surface area (Å²) in [7, 11) is -2.33. The molecule has 11 heteroatoms. The van der Waals surface area contributed by atoms with E-state index < -0.39 is 16.0 Å². The quantitative estimate of drug-likeness (QED) is 0.587. The highest BCUT2D eigenvalue weighted by Crippen LogP contribution is 2.28. The molecule has 0 atom stereocenters. The molecule has 0 saturated carbocycles. The molecule has 0 aliphatic heterocycles. The van der Waals surface area contributed by atoms with Gasteiger partial charge in [-0.05, 0) is 35.7 Å². The van der Waals surface area contributed by atoms with Gasteiger partial charge in [-0.3, -0.25) is 9.71 Å². The predicted molar refractivity (Wildman–Crippen MR) is 107 cm³/mol. The zero-order valence-electron chi connectivity index (χ0n) is 15.5. The van der Waals surface area contributed by atoms with Crippen LogP contribution in [0.4, 0.5) is 10.2 Å².